The molecule has 0 aromatic heterocycles. The van der Waals surface area contributed by atoms with Crippen LogP contribution in [0.1, 0.15) is 52.9 Å². The molecule has 0 unspecified atom stereocenters. The van der Waals surface area contributed by atoms with Gasteiger partial charge in [0.25, 0.3) is 0 Å². The molecule has 17 heavy (non-hydrogen) atoms. The highest BCUT2D eigenvalue weighted by Crippen LogP contribution is 2.06. The lowest BCUT2D eigenvalue weighted by Crippen LogP contribution is -2.34. The van der Waals surface area contributed by atoms with Gasteiger partial charge in [0.05, 0.1) is 0 Å². The Morgan fingerprint density at radius 1 is 1.29 bits per heavy atom. The molecule has 1 amide bonds. The molecule has 102 valence electrons. The van der Waals surface area contributed by atoms with E-state index in [1.807, 2.05) is 13.8 Å². The molecule has 0 saturated carbocycles. The van der Waals surface area contributed by atoms with Crippen molar-refractivity contribution in [1.29, 1.82) is 0 Å². The van der Waals surface area contributed by atoms with Crippen LogP contribution in [-0.2, 0) is 9.53 Å². The van der Waals surface area contributed by atoms with Gasteiger partial charge in [-0.2, -0.15) is 0 Å². The normalized spacial score (nSPS) is 11.5. The third-order valence-corrected chi connectivity index (χ3v) is 2.43. The van der Waals surface area contributed by atoms with Gasteiger partial charge in [-0.1, -0.05) is 13.3 Å². The maximum Gasteiger partial charge on any atom is 0.220 e. The number of unbranched alkanes of at least 4 members (excludes halogenated alkanes) is 1. The van der Waals surface area contributed by atoms with E-state index < -0.39 is 0 Å². The lowest BCUT2D eigenvalue weighted by Gasteiger charge is -2.17. The Hall–Kier alpha value is -0.610. The highest BCUT2D eigenvalue weighted by molar-refractivity contribution is 5.75. The van der Waals surface area contributed by atoms with Gasteiger partial charge in [0.1, 0.15) is 0 Å². The van der Waals surface area contributed by atoms with Crippen molar-refractivity contribution >= 4 is 5.91 Å². The lowest BCUT2D eigenvalue weighted by molar-refractivity contribution is -0.121. The van der Waals surface area contributed by atoms with E-state index in [0.29, 0.717) is 19.4 Å². The number of carbonyl (C=O) groups excluding carboxylic acids is 1. The number of ether oxygens (including phenoxy) is 1. The average Bonchev–Trinajstić information content (AvgIpc) is 2.24. The van der Waals surface area contributed by atoms with E-state index in [2.05, 4.69) is 12.2 Å². The number of rotatable bonds is 10. The lowest BCUT2D eigenvalue weighted by atomic mass is 10.00. The van der Waals surface area contributed by atoms with E-state index in [4.69, 9.17) is 10.5 Å². The third kappa shape index (κ3) is 13.3. The van der Waals surface area contributed by atoms with Crippen molar-refractivity contribution in [3.8, 4) is 0 Å². The fourth-order valence-corrected chi connectivity index (χ4v) is 1.27. The molecule has 0 atom stereocenters. The molecule has 0 spiro atoms. The molecular weight excluding hydrogens is 216 g/mol. The van der Waals surface area contributed by atoms with E-state index in [1.165, 1.54) is 0 Å². The van der Waals surface area contributed by atoms with Gasteiger partial charge in [-0.15, -0.1) is 0 Å². The Morgan fingerprint density at radius 2 is 1.94 bits per heavy atom. The summed E-state index contributed by atoms with van der Waals surface area (Å²) in [6.07, 6.45) is 4.36. The zero-order chi connectivity index (χ0) is 13.1. The number of nitrogens with two attached hydrogens (primary N) is 1. The number of hydrogen-bond donors (Lipinski definition) is 2. The second-order valence-corrected chi connectivity index (χ2v) is 5.16. The predicted molar refractivity (Wildman–Crippen MR) is 70.9 cm³/mol. The summed E-state index contributed by atoms with van der Waals surface area (Å²) in [5.41, 5.74) is 5.54. The van der Waals surface area contributed by atoms with Gasteiger partial charge in [-0.3, -0.25) is 4.79 Å². The van der Waals surface area contributed by atoms with Crippen molar-refractivity contribution in [2.24, 2.45) is 5.73 Å². The Bertz CT molecular complexity index is 200. The van der Waals surface area contributed by atoms with E-state index in [9.17, 15) is 4.79 Å². The summed E-state index contributed by atoms with van der Waals surface area (Å²) in [6.45, 7) is 8.25. The molecule has 0 aromatic rings. The Balaban J connectivity index is 3.28. The first-order valence-corrected chi connectivity index (χ1v) is 6.59. The molecule has 4 nitrogen and oxygen atoms in total. The summed E-state index contributed by atoms with van der Waals surface area (Å²) in [5, 5.41) is 2.87. The van der Waals surface area contributed by atoms with Crippen molar-refractivity contribution < 1.29 is 9.53 Å². The molecule has 0 fully saturated rings. The Labute approximate surface area is 105 Å². The molecule has 0 aliphatic heterocycles. The van der Waals surface area contributed by atoms with Gasteiger partial charge in [-0.05, 0) is 33.1 Å². The highest BCUT2D eigenvalue weighted by atomic mass is 16.5. The molecule has 0 aliphatic carbocycles. The topological polar surface area (TPSA) is 64.3 Å². The summed E-state index contributed by atoms with van der Waals surface area (Å²) >= 11 is 0. The van der Waals surface area contributed by atoms with Crippen molar-refractivity contribution in [1.82, 2.24) is 5.32 Å². The minimum Gasteiger partial charge on any atom is -0.381 e. The molecule has 0 heterocycles. The fraction of sp³-hybridized carbons (Fsp3) is 0.923. The fourth-order valence-electron chi connectivity index (χ4n) is 1.27. The zero-order valence-corrected chi connectivity index (χ0v) is 11.6. The predicted octanol–water partition coefficient (Wildman–Crippen LogP) is 1.83. The van der Waals surface area contributed by atoms with Gasteiger partial charge in [0.15, 0.2) is 0 Å². The number of carbonyl (C=O) groups is 1. The molecule has 0 radical (unpaired) electrons. The summed E-state index contributed by atoms with van der Waals surface area (Å²) in [5.74, 6) is 0.0806. The number of hydrogen-bond acceptors (Lipinski definition) is 3. The molecular formula is C13H28N2O2. The van der Waals surface area contributed by atoms with Crippen LogP contribution in [0.15, 0.2) is 0 Å². The van der Waals surface area contributed by atoms with E-state index in [-0.39, 0.29) is 11.4 Å². The van der Waals surface area contributed by atoms with Gasteiger partial charge in [0, 0.05) is 31.7 Å². The summed E-state index contributed by atoms with van der Waals surface area (Å²) in [6, 6.07) is 0. The zero-order valence-electron chi connectivity index (χ0n) is 11.6. The molecule has 0 bridgehead atoms. The monoisotopic (exact) mass is 244 g/mol. The first kappa shape index (κ1) is 16.4. The minimum atomic E-state index is -0.263. The largest absolute Gasteiger partial charge is 0.381 e. The second kappa shape index (κ2) is 9.42. The minimum absolute atomic E-state index is 0.0806. The first-order valence-electron chi connectivity index (χ1n) is 6.59. The molecule has 0 saturated heterocycles. The second-order valence-electron chi connectivity index (χ2n) is 5.16. The maximum atomic E-state index is 11.4. The van der Waals surface area contributed by atoms with Crippen LogP contribution in [0.2, 0.25) is 0 Å². The maximum absolute atomic E-state index is 11.4. The van der Waals surface area contributed by atoms with Crippen molar-refractivity contribution in [2.45, 2.75) is 58.4 Å². The Kier molecular flexibility index (Phi) is 9.09. The summed E-state index contributed by atoms with van der Waals surface area (Å²) < 4.78 is 5.40. The van der Waals surface area contributed by atoms with Crippen LogP contribution >= 0.6 is 0 Å². The number of nitrogens with one attached hydrogen (secondary N) is 1. The van der Waals surface area contributed by atoms with Crippen LogP contribution < -0.4 is 11.1 Å². The van der Waals surface area contributed by atoms with Crippen molar-refractivity contribution in [2.75, 3.05) is 19.8 Å². The molecule has 3 N–H and O–H groups in total. The van der Waals surface area contributed by atoms with Crippen LogP contribution in [-0.4, -0.2) is 31.2 Å². The van der Waals surface area contributed by atoms with Crippen molar-refractivity contribution in [3.05, 3.63) is 0 Å². The van der Waals surface area contributed by atoms with E-state index in [1.54, 1.807) is 0 Å². The van der Waals surface area contributed by atoms with Gasteiger partial charge < -0.3 is 15.8 Å². The molecule has 4 heteroatoms. The quantitative estimate of drug-likeness (QED) is 0.576. The smallest absolute Gasteiger partial charge is 0.220 e. The summed E-state index contributed by atoms with van der Waals surface area (Å²) in [7, 11) is 0. The van der Waals surface area contributed by atoms with Crippen LogP contribution in [0.4, 0.5) is 0 Å². The van der Waals surface area contributed by atoms with Gasteiger partial charge in [0.2, 0.25) is 5.91 Å². The molecule has 0 rings (SSSR count). The third-order valence-electron chi connectivity index (χ3n) is 2.43. The van der Waals surface area contributed by atoms with E-state index in [0.717, 1.165) is 32.5 Å². The Morgan fingerprint density at radius 3 is 2.53 bits per heavy atom. The SMILES string of the molecule is CCCCOCCCNC(=O)CCC(C)(C)N. The van der Waals surface area contributed by atoms with Gasteiger partial charge >= 0.3 is 0 Å². The van der Waals surface area contributed by atoms with Crippen LogP contribution in [0.5, 0.6) is 0 Å². The average molecular weight is 244 g/mol. The van der Waals surface area contributed by atoms with Gasteiger partial charge in [-0.25, -0.2) is 0 Å². The van der Waals surface area contributed by atoms with Crippen LogP contribution in [0.3, 0.4) is 0 Å². The standard InChI is InChI=1S/C13H28N2O2/c1-4-5-10-17-11-6-9-15-12(16)7-8-13(2,3)14/h4-11,14H2,1-3H3,(H,15,16). The van der Waals surface area contributed by atoms with Crippen molar-refractivity contribution in [3.63, 3.8) is 0 Å². The molecule has 0 aromatic carbocycles. The first-order chi connectivity index (χ1) is 7.95. The van der Waals surface area contributed by atoms with E-state index >= 15 is 0 Å². The number of amides is 1. The van der Waals surface area contributed by atoms with Crippen LogP contribution in [0, 0.1) is 0 Å². The highest BCUT2D eigenvalue weighted by Gasteiger charge is 2.12. The molecule has 0 aliphatic rings. The summed E-state index contributed by atoms with van der Waals surface area (Å²) in [4.78, 5) is 11.4. The van der Waals surface area contributed by atoms with Crippen LogP contribution in [0.25, 0.3) is 0 Å².